The van der Waals surface area contributed by atoms with Gasteiger partial charge in [0.1, 0.15) is 5.75 Å². The average Bonchev–Trinajstić information content (AvgIpc) is 2.45. The minimum Gasteiger partial charge on any atom is -0.484 e. The van der Waals surface area contributed by atoms with Crippen LogP contribution in [0.15, 0.2) is 23.3 Å². The Hall–Kier alpha value is -1.55. The molecule has 1 rings (SSSR count). The van der Waals surface area contributed by atoms with E-state index in [4.69, 9.17) is 16.3 Å². The van der Waals surface area contributed by atoms with Gasteiger partial charge in [0, 0.05) is 10.7 Å². The second-order valence-corrected chi connectivity index (χ2v) is 5.20. The molecule has 0 heterocycles. The number of carbonyl (C=O) groups is 1. The van der Waals surface area contributed by atoms with Gasteiger partial charge in [-0.3, -0.25) is 4.79 Å². The van der Waals surface area contributed by atoms with Crippen molar-refractivity contribution in [3.63, 3.8) is 0 Å². The fourth-order valence-corrected chi connectivity index (χ4v) is 1.56. The molecule has 0 aliphatic rings. The van der Waals surface area contributed by atoms with Crippen molar-refractivity contribution in [2.75, 3.05) is 6.61 Å². The van der Waals surface area contributed by atoms with Gasteiger partial charge >= 0.3 is 0 Å². The van der Waals surface area contributed by atoms with E-state index in [2.05, 4.69) is 24.4 Å². The van der Waals surface area contributed by atoms with E-state index < -0.39 is 0 Å². The van der Waals surface area contributed by atoms with E-state index in [0.717, 1.165) is 17.7 Å². The van der Waals surface area contributed by atoms with E-state index in [1.54, 1.807) is 18.2 Å². The maximum absolute atomic E-state index is 11.6. The first-order chi connectivity index (χ1) is 9.43. The molecule has 0 saturated carbocycles. The van der Waals surface area contributed by atoms with Crippen LogP contribution >= 0.6 is 11.6 Å². The van der Waals surface area contributed by atoms with Crippen molar-refractivity contribution in [1.82, 2.24) is 5.43 Å². The molecule has 1 aromatic carbocycles. The third kappa shape index (κ3) is 5.21. The summed E-state index contributed by atoms with van der Waals surface area (Å²) in [5.74, 6) is 0.695. The van der Waals surface area contributed by atoms with Gasteiger partial charge in [0.25, 0.3) is 5.91 Å². The van der Waals surface area contributed by atoms with E-state index in [1.165, 1.54) is 0 Å². The molecule has 0 saturated heterocycles. The standard InChI is InChI=1S/C15H21ClN2O2/c1-5-10(2)12(4)17-18-15(19)9-20-13-6-7-14(16)11(3)8-13/h6-8,10H,5,9H2,1-4H3,(H,18,19)/b17-12-/t10-/m1/s1. The van der Waals surface area contributed by atoms with Gasteiger partial charge in [0.05, 0.1) is 0 Å². The number of rotatable bonds is 6. The first-order valence-electron chi connectivity index (χ1n) is 6.66. The summed E-state index contributed by atoms with van der Waals surface area (Å²) < 4.78 is 5.38. The summed E-state index contributed by atoms with van der Waals surface area (Å²) in [6, 6.07) is 5.27. The zero-order valence-electron chi connectivity index (χ0n) is 12.4. The van der Waals surface area contributed by atoms with Crippen LogP contribution in [0.25, 0.3) is 0 Å². The van der Waals surface area contributed by atoms with E-state index in [0.29, 0.717) is 16.7 Å². The molecule has 0 aliphatic carbocycles. The van der Waals surface area contributed by atoms with Gasteiger partial charge in [-0.1, -0.05) is 25.4 Å². The summed E-state index contributed by atoms with van der Waals surface area (Å²) in [7, 11) is 0. The van der Waals surface area contributed by atoms with Gasteiger partial charge in [-0.25, -0.2) is 5.43 Å². The van der Waals surface area contributed by atoms with Gasteiger partial charge in [-0.05, 0) is 49.9 Å². The molecular formula is C15H21ClN2O2. The topological polar surface area (TPSA) is 50.7 Å². The Morgan fingerprint density at radius 3 is 2.80 bits per heavy atom. The van der Waals surface area contributed by atoms with Gasteiger partial charge in [0.15, 0.2) is 6.61 Å². The van der Waals surface area contributed by atoms with Crippen molar-refractivity contribution >= 4 is 23.2 Å². The van der Waals surface area contributed by atoms with Crippen LogP contribution in [-0.2, 0) is 4.79 Å². The number of carbonyl (C=O) groups excluding carboxylic acids is 1. The monoisotopic (exact) mass is 296 g/mol. The molecule has 0 bridgehead atoms. The Morgan fingerprint density at radius 2 is 2.20 bits per heavy atom. The van der Waals surface area contributed by atoms with Crippen LogP contribution in [0, 0.1) is 12.8 Å². The van der Waals surface area contributed by atoms with E-state index in [9.17, 15) is 4.79 Å². The van der Waals surface area contributed by atoms with Crippen LogP contribution in [-0.4, -0.2) is 18.2 Å². The normalized spacial score (nSPS) is 12.9. The zero-order chi connectivity index (χ0) is 15.1. The van der Waals surface area contributed by atoms with E-state index >= 15 is 0 Å². The van der Waals surface area contributed by atoms with Crippen molar-refractivity contribution in [2.24, 2.45) is 11.0 Å². The molecule has 1 atom stereocenters. The van der Waals surface area contributed by atoms with Crippen LogP contribution in [0.1, 0.15) is 32.8 Å². The Balaban J connectivity index is 2.45. The molecule has 4 nitrogen and oxygen atoms in total. The summed E-state index contributed by atoms with van der Waals surface area (Å²) in [5.41, 5.74) is 4.31. The molecule has 110 valence electrons. The van der Waals surface area contributed by atoms with Crippen LogP contribution in [0.2, 0.25) is 5.02 Å². The van der Waals surface area contributed by atoms with Crippen LogP contribution in [0.5, 0.6) is 5.75 Å². The van der Waals surface area contributed by atoms with Crippen molar-refractivity contribution in [3.8, 4) is 5.75 Å². The number of hydrogen-bond acceptors (Lipinski definition) is 3. The summed E-state index contributed by atoms with van der Waals surface area (Å²) >= 11 is 5.92. The number of amides is 1. The second kappa shape index (κ2) is 7.90. The lowest BCUT2D eigenvalue weighted by Crippen LogP contribution is -2.26. The third-order valence-electron chi connectivity index (χ3n) is 3.18. The predicted molar refractivity (Wildman–Crippen MR) is 82.4 cm³/mol. The van der Waals surface area contributed by atoms with Crippen molar-refractivity contribution in [1.29, 1.82) is 0 Å². The summed E-state index contributed by atoms with van der Waals surface area (Å²) in [5, 5.41) is 4.73. The lowest BCUT2D eigenvalue weighted by molar-refractivity contribution is -0.123. The molecule has 0 fully saturated rings. The quantitative estimate of drug-likeness (QED) is 0.644. The second-order valence-electron chi connectivity index (χ2n) is 4.80. The SMILES string of the molecule is CC[C@@H](C)/C(C)=N\NC(=O)COc1ccc(Cl)c(C)c1. The molecule has 0 aromatic heterocycles. The molecule has 20 heavy (non-hydrogen) atoms. The molecule has 1 aromatic rings. The highest BCUT2D eigenvalue weighted by molar-refractivity contribution is 6.31. The number of benzene rings is 1. The molecule has 1 N–H and O–H groups in total. The number of halogens is 1. The number of hydrogen-bond donors (Lipinski definition) is 1. The van der Waals surface area contributed by atoms with E-state index in [-0.39, 0.29) is 12.5 Å². The van der Waals surface area contributed by atoms with Crippen molar-refractivity contribution in [3.05, 3.63) is 28.8 Å². The minimum atomic E-state index is -0.278. The Labute approximate surface area is 125 Å². The highest BCUT2D eigenvalue weighted by Crippen LogP contribution is 2.20. The Morgan fingerprint density at radius 1 is 1.50 bits per heavy atom. The van der Waals surface area contributed by atoms with Crippen LogP contribution < -0.4 is 10.2 Å². The highest BCUT2D eigenvalue weighted by Gasteiger charge is 2.06. The van der Waals surface area contributed by atoms with Gasteiger partial charge < -0.3 is 4.74 Å². The lowest BCUT2D eigenvalue weighted by Gasteiger charge is -2.09. The third-order valence-corrected chi connectivity index (χ3v) is 3.61. The largest absolute Gasteiger partial charge is 0.484 e. The maximum Gasteiger partial charge on any atom is 0.277 e. The van der Waals surface area contributed by atoms with Gasteiger partial charge in [-0.2, -0.15) is 5.10 Å². The van der Waals surface area contributed by atoms with Crippen LogP contribution in [0.3, 0.4) is 0 Å². The first-order valence-corrected chi connectivity index (χ1v) is 7.03. The fraction of sp³-hybridized carbons (Fsp3) is 0.467. The number of hydrazone groups is 1. The van der Waals surface area contributed by atoms with Crippen LogP contribution in [0.4, 0.5) is 0 Å². The fourth-order valence-electron chi connectivity index (χ4n) is 1.44. The number of ether oxygens (including phenoxy) is 1. The average molecular weight is 297 g/mol. The molecule has 5 heteroatoms. The maximum atomic E-state index is 11.6. The number of nitrogens with zero attached hydrogens (tertiary/aromatic N) is 1. The summed E-state index contributed by atoms with van der Waals surface area (Å²) in [6.45, 7) is 7.86. The first kappa shape index (κ1) is 16.5. The Bertz CT molecular complexity index is 501. The number of nitrogens with one attached hydrogen (secondary N) is 1. The van der Waals surface area contributed by atoms with Crippen molar-refractivity contribution < 1.29 is 9.53 Å². The molecular weight excluding hydrogens is 276 g/mol. The molecule has 0 aliphatic heterocycles. The van der Waals surface area contributed by atoms with Gasteiger partial charge in [0.2, 0.25) is 0 Å². The minimum absolute atomic E-state index is 0.0711. The zero-order valence-corrected chi connectivity index (χ0v) is 13.1. The molecule has 0 unspecified atom stereocenters. The molecule has 0 radical (unpaired) electrons. The smallest absolute Gasteiger partial charge is 0.277 e. The molecule has 0 spiro atoms. The van der Waals surface area contributed by atoms with Gasteiger partial charge in [-0.15, -0.1) is 0 Å². The predicted octanol–water partition coefficient (Wildman–Crippen LogP) is 3.57. The summed E-state index contributed by atoms with van der Waals surface area (Å²) in [6.07, 6.45) is 0.992. The van der Waals surface area contributed by atoms with E-state index in [1.807, 2.05) is 13.8 Å². The molecule has 1 amide bonds. The number of aryl methyl sites for hydroxylation is 1. The lowest BCUT2D eigenvalue weighted by atomic mass is 10.1. The summed E-state index contributed by atoms with van der Waals surface area (Å²) in [4.78, 5) is 11.6. The highest BCUT2D eigenvalue weighted by atomic mass is 35.5. The van der Waals surface area contributed by atoms with Crippen molar-refractivity contribution in [2.45, 2.75) is 34.1 Å². The Kier molecular flexibility index (Phi) is 6.52.